The highest BCUT2D eigenvalue weighted by atomic mass is 16.5. The quantitative estimate of drug-likeness (QED) is 0.827. The maximum atomic E-state index is 12.4. The summed E-state index contributed by atoms with van der Waals surface area (Å²) in [4.78, 5) is 24.3. The SMILES string of the molecule is CC(NC(=O)CC1OC(=O)c2ccccc21)c1ccc(C(C)(C)C)cc1. The van der Waals surface area contributed by atoms with Crippen LogP contribution in [0.3, 0.4) is 0 Å². The molecular weight excluding hydrogens is 326 g/mol. The highest BCUT2D eigenvalue weighted by Gasteiger charge is 2.32. The minimum absolute atomic E-state index is 0.102. The zero-order valence-corrected chi connectivity index (χ0v) is 15.7. The first-order valence-corrected chi connectivity index (χ1v) is 8.95. The van der Waals surface area contributed by atoms with Crippen molar-refractivity contribution < 1.29 is 14.3 Å². The molecule has 4 nitrogen and oxygen atoms in total. The maximum Gasteiger partial charge on any atom is 0.339 e. The van der Waals surface area contributed by atoms with Crippen molar-refractivity contribution in [1.82, 2.24) is 5.32 Å². The van der Waals surface area contributed by atoms with E-state index in [4.69, 9.17) is 4.74 Å². The second-order valence-corrected chi connectivity index (χ2v) is 7.85. The molecule has 0 aliphatic carbocycles. The van der Waals surface area contributed by atoms with Gasteiger partial charge in [-0.2, -0.15) is 0 Å². The minimum atomic E-state index is -0.505. The van der Waals surface area contributed by atoms with Gasteiger partial charge in [-0.1, -0.05) is 63.2 Å². The van der Waals surface area contributed by atoms with E-state index in [1.165, 1.54) is 5.56 Å². The Hall–Kier alpha value is -2.62. The largest absolute Gasteiger partial charge is 0.453 e. The topological polar surface area (TPSA) is 55.4 Å². The van der Waals surface area contributed by atoms with Gasteiger partial charge in [0.15, 0.2) is 0 Å². The molecule has 0 saturated carbocycles. The lowest BCUT2D eigenvalue weighted by atomic mass is 9.86. The maximum absolute atomic E-state index is 12.4. The summed E-state index contributed by atoms with van der Waals surface area (Å²) in [5.74, 6) is -0.490. The van der Waals surface area contributed by atoms with Gasteiger partial charge in [-0.25, -0.2) is 4.79 Å². The number of ether oxygens (including phenoxy) is 1. The first-order valence-electron chi connectivity index (χ1n) is 8.95. The fourth-order valence-electron chi connectivity index (χ4n) is 3.20. The summed E-state index contributed by atoms with van der Waals surface area (Å²) in [6.07, 6.45) is -0.373. The molecule has 2 unspecified atom stereocenters. The molecule has 1 aliphatic rings. The van der Waals surface area contributed by atoms with Crippen LogP contribution in [0.2, 0.25) is 0 Å². The van der Waals surface area contributed by atoms with Gasteiger partial charge in [0, 0.05) is 5.56 Å². The molecule has 0 bridgehead atoms. The van der Waals surface area contributed by atoms with E-state index >= 15 is 0 Å². The lowest BCUT2D eigenvalue weighted by molar-refractivity contribution is -0.123. The first kappa shape index (κ1) is 18.2. The predicted molar refractivity (Wildman–Crippen MR) is 101 cm³/mol. The Kier molecular flexibility index (Phi) is 4.86. The number of carbonyl (C=O) groups is 2. The molecule has 0 saturated heterocycles. The fourth-order valence-corrected chi connectivity index (χ4v) is 3.20. The van der Waals surface area contributed by atoms with Crippen LogP contribution in [0.1, 0.15) is 73.3 Å². The second-order valence-electron chi connectivity index (χ2n) is 7.85. The molecule has 136 valence electrons. The Morgan fingerprint density at radius 3 is 2.42 bits per heavy atom. The zero-order valence-electron chi connectivity index (χ0n) is 15.7. The Bertz CT molecular complexity index is 818. The van der Waals surface area contributed by atoms with E-state index in [1.807, 2.05) is 19.1 Å². The van der Waals surface area contributed by atoms with Crippen molar-refractivity contribution in [3.63, 3.8) is 0 Å². The van der Waals surface area contributed by atoms with E-state index in [1.54, 1.807) is 12.1 Å². The third-order valence-corrected chi connectivity index (χ3v) is 4.80. The summed E-state index contributed by atoms with van der Waals surface area (Å²) in [6.45, 7) is 8.48. The van der Waals surface area contributed by atoms with E-state index in [2.05, 4.69) is 50.4 Å². The number of fused-ring (bicyclic) bond motifs is 1. The molecule has 3 rings (SSSR count). The average Bonchev–Trinajstić information content (AvgIpc) is 2.90. The lowest BCUT2D eigenvalue weighted by Crippen LogP contribution is -2.28. The van der Waals surface area contributed by atoms with Gasteiger partial charge in [0.25, 0.3) is 0 Å². The van der Waals surface area contributed by atoms with Crippen LogP contribution in [-0.2, 0) is 14.9 Å². The highest BCUT2D eigenvalue weighted by molar-refractivity contribution is 5.94. The number of amides is 1. The number of hydrogen-bond donors (Lipinski definition) is 1. The summed E-state index contributed by atoms with van der Waals surface area (Å²) in [5, 5.41) is 3.00. The number of nitrogens with one attached hydrogen (secondary N) is 1. The van der Waals surface area contributed by atoms with Crippen molar-refractivity contribution in [2.45, 2.75) is 51.7 Å². The monoisotopic (exact) mass is 351 g/mol. The van der Waals surface area contributed by atoms with E-state index in [-0.39, 0.29) is 29.8 Å². The van der Waals surface area contributed by atoms with Crippen molar-refractivity contribution in [1.29, 1.82) is 0 Å². The highest BCUT2D eigenvalue weighted by Crippen LogP contribution is 2.33. The number of carbonyl (C=O) groups excluding carboxylic acids is 2. The molecule has 0 fully saturated rings. The number of hydrogen-bond acceptors (Lipinski definition) is 3. The van der Waals surface area contributed by atoms with Crippen LogP contribution in [0, 0.1) is 0 Å². The van der Waals surface area contributed by atoms with Gasteiger partial charge >= 0.3 is 5.97 Å². The third kappa shape index (κ3) is 3.79. The number of benzene rings is 2. The lowest BCUT2D eigenvalue weighted by Gasteiger charge is -2.21. The average molecular weight is 351 g/mol. The Morgan fingerprint density at radius 2 is 1.77 bits per heavy atom. The number of esters is 1. The molecule has 1 amide bonds. The van der Waals surface area contributed by atoms with Crippen molar-refractivity contribution in [3.05, 3.63) is 70.8 Å². The normalized spacial score (nSPS) is 17.4. The molecule has 4 heteroatoms. The number of rotatable bonds is 4. The molecule has 26 heavy (non-hydrogen) atoms. The molecule has 0 radical (unpaired) electrons. The number of cyclic esters (lactones) is 1. The third-order valence-electron chi connectivity index (χ3n) is 4.80. The Morgan fingerprint density at radius 1 is 1.12 bits per heavy atom. The van der Waals surface area contributed by atoms with Crippen LogP contribution < -0.4 is 5.32 Å². The van der Waals surface area contributed by atoms with Crippen molar-refractivity contribution in [2.75, 3.05) is 0 Å². The van der Waals surface area contributed by atoms with Crippen LogP contribution in [0.15, 0.2) is 48.5 Å². The molecule has 1 aliphatic heterocycles. The van der Waals surface area contributed by atoms with Crippen LogP contribution in [0.25, 0.3) is 0 Å². The van der Waals surface area contributed by atoms with Gasteiger partial charge in [-0.15, -0.1) is 0 Å². The predicted octanol–water partition coefficient (Wildman–Crippen LogP) is 4.46. The van der Waals surface area contributed by atoms with Gasteiger partial charge in [0.1, 0.15) is 6.10 Å². The smallest absolute Gasteiger partial charge is 0.339 e. The minimum Gasteiger partial charge on any atom is -0.453 e. The van der Waals surface area contributed by atoms with Crippen LogP contribution in [0.5, 0.6) is 0 Å². The summed E-state index contributed by atoms with van der Waals surface area (Å²) < 4.78 is 5.34. The molecule has 2 aromatic carbocycles. The van der Waals surface area contributed by atoms with E-state index in [9.17, 15) is 9.59 Å². The van der Waals surface area contributed by atoms with Crippen molar-refractivity contribution in [2.24, 2.45) is 0 Å². The second kappa shape index (κ2) is 6.94. The van der Waals surface area contributed by atoms with Crippen molar-refractivity contribution in [3.8, 4) is 0 Å². The van der Waals surface area contributed by atoms with Crippen LogP contribution >= 0.6 is 0 Å². The molecule has 0 spiro atoms. The van der Waals surface area contributed by atoms with Gasteiger partial charge in [0.2, 0.25) is 5.91 Å². The molecule has 2 atom stereocenters. The van der Waals surface area contributed by atoms with Gasteiger partial charge in [-0.05, 0) is 29.5 Å². The molecular formula is C22H25NO3. The van der Waals surface area contributed by atoms with E-state index in [0.717, 1.165) is 11.1 Å². The van der Waals surface area contributed by atoms with Crippen molar-refractivity contribution >= 4 is 11.9 Å². The molecule has 1 N–H and O–H groups in total. The Balaban J connectivity index is 1.63. The first-order chi connectivity index (χ1) is 12.3. The summed E-state index contributed by atoms with van der Waals surface area (Å²) in [7, 11) is 0. The van der Waals surface area contributed by atoms with Crippen LogP contribution in [-0.4, -0.2) is 11.9 Å². The van der Waals surface area contributed by atoms with E-state index in [0.29, 0.717) is 5.56 Å². The fraction of sp³-hybridized carbons (Fsp3) is 0.364. The van der Waals surface area contributed by atoms with Gasteiger partial charge in [0.05, 0.1) is 18.0 Å². The molecule has 2 aromatic rings. The Labute approximate surface area is 154 Å². The van der Waals surface area contributed by atoms with Gasteiger partial charge in [-0.3, -0.25) is 4.79 Å². The summed E-state index contributed by atoms with van der Waals surface area (Å²) in [5.41, 5.74) is 3.75. The summed E-state index contributed by atoms with van der Waals surface area (Å²) >= 11 is 0. The van der Waals surface area contributed by atoms with Gasteiger partial charge < -0.3 is 10.1 Å². The zero-order chi connectivity index (χ0) is 18.9. The standard InChI is InChI=1S/C22H25NO3/c1-14(15-9-11-16(12-10-15)22(2,3)4)23-20(24)13-19-17-7-5-6-8-18(17)21(25)26-19/h5-12,14,19H,13H2,1-4H3,(H,23,24). The van der Waals surface area contributed by atoms with Crippen LogP contribution in [0.4, 0.5) is 0 Å². The molecule has 1 heterocycles. The summed E-state index contributed by atoms with van der Waals surface area (Å²) in [6, 6.07) is 15.4. The van der Waals surface area contributed by atoms with E-state index < -0.39 is 6.10 Å². The molecule has 0 aromatic heterocycles.